The third kappa shape index (κ3) is 5.16. The zero-order valence-electron chi connectivity index (χ0n) is 16.4. The minimum absolute atomic E-state index is 0.182. The second-order valence-corrected chi connectivity index (χ2v) is 8.65. The van der Waals surface area contributed by atoms with Crippen LogP contribution >= 0.6 is 23.5 Å². The Morgan fingerprint density at radius 1 is 1.21 bits per heavy atom. The maximum absolute atomic E-state index is 12.3. The molecule has 1 N–H and O–H groups in total. The van der Waals surface area contributed by atoms with Gasteiger partial charge in [-0.1, -0.05) is 11.8 Å². The molecule has 0 fully saturated rings. The summed E-state index contributed by atoms with van der Waals surface area (Å²) in [6.07, 6.45) is 0. The SMILES string of the molecule is CCOC(=O)c1ccc(NC(=O)CSCC2=NC(=O)C3C(=N2)SC(C)=C3C)cc1. The third-order valence-corrected chi connectivity index (χ3v) is 6.46. The molecule has 2 heterocycles. The lowest BCUT2D eigenvalue weighted by molar-refractivity contribution is -0.118. The number of fused-ring (bicyclic) bond motifs is 1. The van der Waals surface area contributed by atoms with Crippen molar-refractivity contribution in [3.63, 3.8) is 0 Å². The highest BCUT2D eigenvalue weighted by Crippen LogP contribution is 2.40. The van der Waals surface area contributed by atoms with Gasteiger partial charge in [0.1, 0.15) is 11.8 Å². The first-order chi connectivity index (χ1) is 13.9. The summed E-state index contributed by atoms with van der Waals surface area (Å²) in [7, 11) is 0. The largest absolute Gasteiger partial charge is 0.462 e. The third-order valence-electron chi connectivity index (χ3n) is 4.36. The van der Waals surface area contributed by atoms with E-state index in [1.807, 2.05) is 13.8 Å². The minimum Gasteiger partial charge on any atom is -0.462 e. The number of thioether (sulfide) groups is 2. The molecule has 2 amide bonds. The van der Waals surface area contributed by atoms with E-state index in [9.17, 15) is 14.4 Å². The van der Waals surface area contributed by atoms with E-state index >= 15 is 0 Å². The number of benzene rings is 1. The number of esters is 1. The van der Waals surface area contributed by atoms with E-state index in [1.54, 1.807) is 31.2 Å². The molecule has 2 aliphatic rings. The number of allylic oxidation sites excluding steroid dienone is 1. The molecule has 9 heteroatoms. The molecule has 0 radical (unpaired) electrons. The van der Waals surface area contributed by atoms with Crippen LogP contribution in [0.1, 0.15) is 31.1 Å². The highest BCUT2D eigenvalue weighted by atomic mass is 32.2. The molecular formula is C20H21N3O4S2. The molecule has 2 aliphatic heterocycles. The molecule has 1 aromatic rings. The number of rotatable bonds is 7. The van der Waals surface area contributed by atoms with E-state index in [0.717, 1.165) is 15.5 Å². The Hall–Kier alpha value is -2.39. The first kappa shape index (κ1) is 21.3. The summed E-state index contributed by atoms with van der Waals surface area (Å²) in [5.41, 5.74) is 2.04. The molecule has 152 valence electrons. The zero-order valence-corrected chi connectivity index (χ0v) is 18.0. The number of carbonyl (C=O) groups excluding carboxylic acids is 3. The number of amides is 2. The van der Waals surface area contributed by atoms with Crippen molar-refractivity contribution < 1.29 is 19.1 Å². The molecule has 3 rings (SSSR count). The molecule has 0 bridgehead atoms. The number of aliphatic imine (C=N–C) groups is 2. The Bertz CT molecular complexity index is 936. The van der Waals surface area contributed by atoms with E-state index in [-0.39, 0.29) is 23.5 Å². The highest BCUT2D eigenvalue weighted by Gasteiger charge is 2.36. The predicted octanol–water partition coefficient (Wildman–Crippen LogP) is 3.53. The van der Waals surface area contributed by atoms with Crippen LogP contribution in [0.25, 0.3) is 0 Å². The van der Waals surface area contributed by atoms with Crippen molar-refractivity contribution in [2.45, 2.75) is 20.8 Å². The lowest BCUT2D eigenvalue weighted by Gasteiger charge is -2.14. The zero-order chi connectivity index (χ0) is 21.0. The standard InChI is InChI=1S/C20H21N3O4S2/c1-4-27-20(26)13-5-7-14(8-6-13)21-16(24)10-28-9-15-22-18(25)17-11(2)12(3)29-19(17)23-15/h5-8,17H,4,9-10H2,1-3H3,(H,21,24). The van der Waals surface area contributed by atoms with Crippen molar-refractivity contribution in [3.8, 4) is 0 Å². The van der Waals surface area contributed by atoms with Gasteiger partial charge in [0.2, 0.25) is 5.91 Å². The monoisotopic (exact) mass is 431 g/mol. The van der Waals surface area contributed by atoms with E-state index in [0.29, 0.717) is 29.4 Å². The van der Waals surface area contributed by atoms with Crippen LogP contribution in [0, 0.1) is 5.92 Å². The number of hydrogen-bond donors (Lipinski definition) is 1. The number of carbonyl (C=O) groups is 3. The average Bonchev–Trinajstić information content (AvgIpc) is 2.96. The first-order valence-corrected chi connectivity index (χ1v) is 11.1. The number of amidine groups is 1. The number of hydrogen-bond acceptors (Lipinski definition) is 7. The van der Waals surface area contributed by atoms with E-state index < -0.39 is 5.97 Å². The van der Waals surface area contributed by atoms with Gasteiger partial charge in [0, 0.05) is 5.69 Å². The number of ether oxygens (including phenoxy) is 1. The van der Waals surface area contributed by atoms with Gasteiger partial charge in [-0.25, -0.2) is 9.79 Å². The van der Waals surface area contributed by atoms with Gasteiger partial charge in [-0.2, -0.15) is 4.99 Å². The maximum Gasteiger partial charge on any atom is 0.338 e. The molecule has 0 saturated heterocycles. The smallest absolute Gasteiger partial charge is 0.338 e. The van der Waals surface area contributed by atoms with Crippen LogP contribution < -0.4 is 5.32 Å². The molecule has 0 saturated carbocycles. The van der Waals surface area contributed by atoms with Crippen LogP contribution in [0.2, 0.25) is 0 Å². The normalized spacial score (nSPS) is 18.2. The fourth-order valence-corrected chi connectivity index (χ4v) is 4.62. The summed E-state index contributed by atoms with van der Waals surface area (Å²) in [5.74, 6) is -0.0501. The summed E-state index contributed by atoms with van der Waals surface area (Å²) >= 11 is 2.86. The second kappa shape index (κ2) is 9.41. The quantitative estimate of drug-likeness (QED) is 0.664. The molecule has 0 aliphatic carbocycles. The van der Waals surface area contributed by atoms with E-state index in [2.05, 4.69) is 15.3 Å². The fraction of sp³-hybridized carbons (Fsp3) is 0.350. The van der Waals surface area contributed by atoms with Crippen molar-refractivity contribution in [2.24, 2.45) is 15.9 Å². The lowest BCUT2D eigenvalue weighted by atomic mass is 10.0. The van der Waals surface area contributed by atoms with Crippen LogP contribution in [-0.2, 0) is 14.3 Å². The number of nitrogens with one attached hydrogen (secondary N) is 1. The van der Waals surface area contributed by atoms with Crippen LogP contribution in [0.3, 0.4) is 0 Å². The van der Waals surface area contributed by atoms with Gasteiger partial charge in [0.15, 0.2) is 0 Å². The van der Waals surface area contributed by atoms with Crippen molar-refractivity contribution in [1.29, 1.82) is 0 Å². The Labute approximate surface area is 177 Å². The number of nitrogens with zero attached hydrogens (tertiary/aromatic N) is 2. The fourth-order valence-electron chi connectivity index (χ4n) is 2.81. The van der Waals surface area contributed by atoms with Crippen molar-refractivity contribution in [1.82, 2.24) is 0 Å². The summed E-state index contributed by atoms with van der Waals surface area (Å²) in [6.45, 7) is 5.97. The van der Waals surface area contributed by atoms with E-state index in [1.165, 1.54) is 23.5 Å². The maximum atomic E-state index is 12.3. The van der Waals surface area contributed by atoms with Gasteiger partial charge in [-0.15, -0.1) is 11.8 Å². The molecule has 29 heavy (non-hydrogen) atoms. The Morgan fingerprint density at radius 2 is 1.93 bits per heavy atom. The Kier molecular flexibility index (Phi) is 6.92. The van der Waals surface area contributed by atoms with Crippen LogP contribution in [0.4, 0.5) is 5.69 Å². The molecule has 7 nitrogen and oxygen atoms in total. The van der Waals surface area contributed by atoms with Crippen molar-refractivity contribution in [3.05, 3.63) is 40.3 Å². The van der Waals surface area contributed by atoms with Gasteiger partial charge in [-0.05, 0) is 55.5 Å². The molecule has 0 aromatic heterocycles. The Balaban J connectivity index is 1.47. The van der Waals surface area contributed by atoms with Gasteiger partial charge >= 0.3 is 5.97 Å². The minimum atomic E-state index is -0.395. The van der Waals surface area contributed by atoms with Gasteiger partial charge in [0.05, 0.1) is 28.7 Å². The van der Waals surface area contributed by atoms with Gasteiger partial charge in [-0.3, -0.25) is 9.59 Å². The summed E-state index contributed by atoms with van der Waals surface area (Å²) < 4.78 is 4.93. The second-order valence-electron chi connectivity index (χ2n) is 6.43. The highest BCUT2D eigenvalue weighted by molar-refractivity contribution is 8.17. The van der Waals surface area contributed by atoms with E-state index in [4.69, 9.17) is 4.74 Å². The molecule has 0 spiro atoms. The molecule has 1 atom stereocenters. The molecule has 1 aromatic carbocycles. The lowest BCUT2D eigenvalue weighted by Crippen LogP contribution is -2.26. The molecule has 1 unspecified atom stereocenters. The number of anilines is 1. The van der Waals surface area contributed by atoms with Crippen molar-refractivity contribution >= 4 is 57.9 Å². The topological polar surface area (TPSA) is 97.2 Å². The van der Waals surface area contributed by atoms with Crippen LogP contribution in [0.15, 0.2) is 44.7 Å². The predicted molar refractivity (Wildman–Crippen MR) is 118 cm³/mol. The molecular weight excluding hydrogens is 410 g/mol. The van der Waals surface area contributed by atoms with Crippen molar-refractivity contribution in [2.75, 3.05) is 23.4 Å². The Morgan fingerprint density at radius 3 is 2.62 bits per heavy atom. The summed E-state index contributed by atoms with van der Waals surface area (Å²) in [4.78, 5) is 45.7. The van der Waals surface area contributed by atoms with Crippen LogP contribution in [0.5, 0.6) is 0 Å². The first-order valence-electron chi connectivity index (χ1n) is 9.09. The average molecular weight is 432 g/mol. The summed E-state index contributed by atoms with van der Waals surface area (Å²) in [5, 5.41) is 3.55. The van der Waals surface area contributed by atoms with Gasteiger partial charge < -0.3 is 10.1 Å². The summed E-state index contributed by atoms with van der Waals surface area (Å²) in [6, 6.07) is 6.51. The van der Waals surface area contributed by atoms with Gasteiger partial charge in [0.25, 0.3) is 5.91 Å². The van der Waals surface area contributed by atoms with Crippen LogP contribution in [-0.4, -0.2) is 46.8 Å².